The number of para-hydroxylation sites is 1. The number of nitrogens with zero attached hydrogens (tertiary/aromatic N) is 2. The number of carbonyl (C=O) groups is 4. The van der Waals surface area contributed by atoms with Crippen molar-refractivity contribution in [2.24, 2.45) is 11.3 Å². The topological polar surface area (TPSA) is 141 Å². The van der Waals surface area contributed by atoms with E-state index in [0.29, 0.717) is 30.5 Å². The van der Waals surface area contributed by atoms with Crippen molar-refractivity contribution in [2.75, 3.05) is 6.54 Å². The number of hydrogen-bond donors (Lipinski definition) is 5. The predicted octanol–water partition coefficient (Wildman–Crippen LogP) is 3.82. The fraction of sp³-hybridized carbons (Fsp3) is 0.485. The van der Waals surface area contributed by atoms with E-state index >= 15 is 0 Å². The number of hydrogen-bond acceptors (Lipinski definition) is 8. The van der Waals surface area contributed by atoms with Gasteiger partial charge in [-0.25, -0.2) is 4.98 Å². The van der Waals surface area contributed by atoms with Crippen LogP contribution in [-0.2, 0) is 37.1 Å². The molecule has 48 heavy (non-hydrogen) atoms. The zero-order chi connectivity index (χ0) is 35.0. The molecular weight excluding hydrogens is 668 g/mol. The molecule has 1 fully saturated rings. The number of carbonyl (C=O) groups excluding carboxylic acids is 4. The van der Waals surface area contributed by atoms with E-state index < -0.39 is 58.3 Å². The highest BCUT2D eigenvalue weighted by molar-refractivity contribution is 7.81. The van der Waals surface area contributed by atoms with Crippen LogP contribution in [-0.4, -0.2) is 69.5 Å². The maximum absolute atomic E-state index is 14.3. The fourth-order valence-corrected chi connectivity index (χ4v) is 7.50. The first-order chi connectivity index (χ1) is 22.5. The van der Waals surface area contributed by atoms with E-state index in [0.717, 1.165) is 10.3 Å². The van der Waals surface area contributed by atoms with Crippen LogP contribution in [0.4, 0.5) is 13.2 Å². The maximum Gasteiger partial charge on any atom is 0.471 e. The van der Waals surface area contributed by atoms with E-state index in [2.05, 4.69) is 28.2 Å². The van der Waals surface area contributed by atoms with Gasteiger partial charge in [0.2, 0.25) is 17.7 Å². The molecule has 0 aliphatic carbocycles. The maximum atomic E-state index is 14.3. The molecule has 1 saturated heterocycles. The molecule has 15 heteroatoms. The van der Waals surface area contributed by atoms with Gasteiger partial charge in [0, 0.05) is 25.4 Å². The van der Waals surface area contributed by atoms with Crippen LogP contribution in [0, 0.1) is 11.3 Å². The van der Waals surface area contributed by atoms with Gasteiger partial charge in [-0.1, -0.05) is 57.2 Å². The molecule has 0 bridgehead atoms. The number of piperidine rings is 1. The minimum Gasteiger partial charge on any atom is -0.371 e. The highest BCUT2D eigenvalue weighted by Crippen LogP contribution is 2.39. The van der Waals surface area contributed by atoms with Crippen LogP contribution >= 0.6 is 24.0 Å². The van der Waals surface area contributed by atoms with Crippen LogP contribution in [0.2, 0.25) is 0 Å². The number of alkyl halides is 3. The Morgan fingerprint density at radius 1 is 1.08 bits per heavy atom. The molecule has 5 atom stereocenters. The monoisotopic (exact) mass is 705 g/mol. The van der Waals surface area contributed by atoms with Gasteiger partial charge in [0.1, 0.15) is 17.1 Å². The van der Waals surface area contributed by atoms with Crippen LogP contribution < -0.4 is 16.0 Å². The van der Waals surface area contributed by atoms with E-state index in [1.165, 1.54) is 37.0 Å². The summed E-state index contributed by atoms with van der Waals surface area (Å²) in [5, 5.41) is 19.7. The quantitative estimate of drug-likeness (QED) is 0.178. The van der Waals surface area contributed by atoms with Crippen molar-refractivity contribution >= 4 is 57.8 Å². The summed E-state index contributed by atoms with van der Waals surface area (Å²) < 4.78 is 40.7. The van der Waals surface area contributed by atoms with Crippen LogP contribution in [0.3, 0.4) is 0 Å². The van der Waals surface area contributed by atoms with E-state index in [1.807, 2.05) is 17.4 Å². The highest BCUT2D eigenvalue weighted by atomic mass is 32.1. The summed E-state index contributed by atoms with van der Waals surface area (Å²) in [6.45, 7) is 4.95. The number of aliphatic hydroxyl groups is 1. The summed E-state index contributed by atoms with van der Waals surface area (Å²) in [6.07, 6.45) is -4.01. The van der Waals surface area contributed by atoms with E-state index in [-0.39, 0.29) is 30.3 Å². The Labute approximate surface area is 285 Å². The summed E-state index contributed by atoms with van der Waals surface area (Å²) in [5.74, 6) is -4.64. The first kappa shape index (κ1) is 35.6. The van der Waals surface area contributed by atoms with Crippen LogP contribution in [0.25, 0.3) is 10.2 Å². The Hall–Kier alpha value is -3.69. The minimum atomic E-state index is -5.23. The third-order valence-corrected chi connectivity index (χ3v) is 10.6. The number of fused-ring (bicyclic) bond motifs is 2. The first-order valence-corrected chi connectivity index (χ1v) is 16.9. The van der Waals surface area contributed by atoms with Crippen LogP contribution in [0.5, 0.6) is 0 Å². The second kappa shape index (κ2) is 13.7. The Morgan fingerprint density at radius 3 is 2.40 bits per heavy atom. The number of rotatable bonds is 8. The highest BCUT2D eigenvalue weighted by Gasteiger charge is 2.48. The van der Waals surface area contributed by atoms with Crippen molar-refractivity contribution in [3.63, 3.8) is 0 Å². The standard InChI is InChI=1S/C33H38F3N5O5S2/c1-31(2,3)25(40-29(45)33(34,35)36)28(44)41-17-20-10-5-4-9-18(20)15-22(41)27(43)39-24(16-19-11-8-14-37-26(19)42)32(46,47)30-38-21-12-6-7-13-23(21)48-30/h4-7,9-10,12-13,19,22,24-25,46-47H,8,11,14-17H2,1-3H3,(H,37,42)(H,39,43)(H,40,45)/t19-,22-,24-,25+,32+/m0/s1. The first-order valence-electron chi connectivity index (χ1n) is 15.6. The van der Waals surface area contributed by atoms with Gasteiger partial charge in [0.25, 0.3) is 0 Å². The number of aromatic nitrogens is 1. The molecule has 3 aromatic rings. The molecule has 0 unspecified atom stereocenters. The Balaban J connectivity index is 1.50. The largest absolute Gasteiger partial charge is 0.471 e. The average molecular weight is 706 g/mol. The molecule has 1 aromatic heterocycles. The number of nitrogens with one attached hydrogen (secondary N) is 3. The van der Waals surface area contributed by atoms with Gasteiger partial charge in [-0.15, -0.1) is 24.0 Å². The molecule has 4 N–H and O–H groups in total. The SMILES string of the molecule is CC(C)(C)[C@H](NC(=O)C(F)(F)F)C(=O)N1Cc2ccccc2C[C@H]1C(=O)N[C@@H](C[C@@H]1CCCNC1=O)[C@@](O)(S)c1nc2ccccc2s1. The lowest BCUT2D eigenvalue weighted by Crippen LogP contribution is -2.63. The number of thiazole rings is 1. The lowest BCUT2D eigenvalue weighted by molar-refractivity contribution is -0.176. The molecule has 2 aromatic carbocycles. The van der Waals surface area contributed by atoms with Crippen molar-refractivity contribution in [1.82, 2.24) is 25.8 Å². The van der Waals surface area contributed by atoms with Crippen LogP contribution in [0.15, 0.2) is 48.5 Å². The minimum absolute atomic E-state index is 0.00297. The van der Waals surface area contributed by atoms with Crippen molar-refractivity contribution in [1.29, 1.82) is 0 Å². The molecule has 258 valence electrons. The lowest BCUT2D eigenvalue weighted by atomic mass is 9.84. The molecule has 0 saturated carbocycles. The van der Waals surface area contributed by atoms with Gasteiger partial charge in [-0.2, -0.15) is 13.2 Å². The normalized spacial score (nSPS) is 21.0. The van der Waals surface area contributed by atoms with E-state index in [4.69, 9.17) is 0 Å². The van der Waals surface area contributed by atoms with Crippen molar-refractivity contribution in [3.8, 4) is 0 Å². The van der Waals surface area contributed by atoms with Crippen molar-refractivity contribution in [2.45, 2.75) is 82.2 Å². The molecular formula is C33H38F3N5O5S2. The van der Waals surface area contributed by atoms with Gasteiger partial charge in [-0.05, 0) is 47.9 Å². The number of halogens is 3. The molecule has 2 aliphatic heterocycles. The summed E-state index contributed by atoms with van der Waals surface area (Å²) >= 11 is 5.80. The summed E-state index contributed by atoms with van der Waals surface area (Å²) in [6, 6.07) is 10.3. The second-order valence-corrected chi connectivity index (χ2v) is 15.1. The molecule has 4 amide bonds. The lowest BCUT2D eigenvalue weighted by Gasteiger charge is -2.42. The molecule has 0 spiro atoms. The molecule has 5 rings (SSSR count). The summed E-state index contributed by atoms with van der Waals surface area (Å²) in [5.41, 5.74) is 0.898. The third-order valence-electron chi connectivity index (χ3n) is 8.81. The zero-order valence-corrected chi connectivity index (χ0v) is 28.3. The van der Waals surface area contributed by atoms with Gasteiger partial charge in [-0.3, -0.25) is 19.2 Å². The number of benzene rings is 2. The number of thiol groups is 1. The van der Waals surface area contributed by atoms with E-state index in [1.54, 1.807) is 36.4 Å². The van der Waals surface area contributed by atoms with Gasteiger partial charge in [0.05, 0.1) is 16.3 Å². The van der Waals surface area contributed by atoms with Gasteiger partial charge in [0.15, 0.2) is 4.93 Å². The molecule has 2 aliphatic rings. The van der Waals surface area contributed by atoms with Gasteiger partial charge >= 0.3 is 12.1 Å². The average Bonchev–Trinajstić information content (AvgIpc) is 3.47. The van der Waals surface area contributed by atoms with Gasteiger partial charge < -0.3 is 26.0 Å². The third kappa shape index (κ3) is 7.62. The zero-order valence-electron chi connectivity index (χ0n) is 26.6. The van der Waals surface area contributed by atoms with Crippen LogP contribution in [0.1, 0.15) is 56.2 Å². The van der Waals surface area contributed by atoms with E-state index in [9.17, 15) is 37.5 Å². The Bertz CT molecular complexity index is 1670. The Morgan fingerprint density at radius 2 is 1.75 bits per heavy atom. The Kier molecular flexibility index (Phi) is 10.1. The predicted molar refractivity (Wildman–Crippen MR) is 177 cm³/mol. The number of amides is 4. The molecule has 10 nitrogen and oxygen atoms in total. The smallest absolute Gasteiger partial charge is 0.371 e. The fourth-order valence-electron chi connectivity index (χ4n) is 6.13. The molecule has 3 heterocycles. The van der Waals surface area contributed by atoms with Crippen molar-refractivity contribution < 1.29 is 37.5 Å². The van der Waals surface area contributed by atoms with Crippen molar-refractivity contribution in [3.05, 3.63) is 64.7 Å². The molecule has 0 radical (unpaired) electrons. The second-order valence-electron chi connectivity index (χ2n) is 13.4. The summed E-state index contributed by atoms with van der Waals surface area (Å²) in [4.78, 5) is 57.0. The summed E-state index contributed by atoms with van der Waals surface area (Å²) in [7, 11) is 0.